The minimum absolute atomic E-state index is 0.0184. The fraction of sp³-hybridized carbons (Fsp3) is 0.889. The van der Waals surface area contributed by atoms with Gasteiger partial charge in [0, 0.05) is 6.61 Å². The topological polar surface area (TPSA) is 69.6 Å². The molecule has 0 aliphatic carbocycles. The van der Waals surface area contributed by atoms with Gasteiger partial charge in [-0.2, -0.15) is 13.2 Å². The Balaban J connectivity index is 4.21. The van der Waals surface area contributed by atoms with Crippen LogP contribution in [0.15, 0.2) is 0 Å². The second-order valence-electron chi connectivity index (χ2n) is 3.64. The molecule has 4 nitrogen and oxygen atoms in total. The van der Waals surface area contributed by atoms with Crippen molar-refractivity contribution < 1.29 is 28.2 Å². The van der Waals surface area contributed by atoms with Crippen LogP contribution in [0.25, 0.3) is 0 Å². The highest BCUT2D eigenvalue weighted by Gasteiger charge is 2.56. The van der Waals surface area contributed by atoms with Crippen molar-refractivity contribution >= 4 is 5.97 Å². The standard InChI is InChI=1S/C9H16F3NO3/c1-8(7(15)16,9(10,11)12)13-5-3-2-4-6-14/h13-14H,2-6H2,1H3,(H,15,16). The monoisotopic (exact) mass is 243 g/mol. The summed E-state index contributed by atoms with van der Waals surface area (Å²) in [4.78, 5) is 10.6. The van der Waals surface area contributed by atoms with Gasteiger partial charge in [-0.25, -0.2) is 4.79 Å². The van der Waals surface area contributed by atoms with Crippen LogP contribution in [0.1, 0.15) is 26.2 Å². The van der Waals surface area contributed by atoms with Crippen LogP contribution >= 0.6 is 0 Å². The highest BCUT2D eigenvalue weighted by molar-refractivity contribution is 5.79. The Bertz CT molecular complexity index is 233. The fourth-order valence-corrected chi connectivity index (χ4v) is 1.05. The van der Waals surface area contributed by atoms with Gasteiger partial charge in [0.15, 0.2) is 0 Å². The second kappa shape index (κ2) is 6.05. The van der Waals surface area contributed by atoms with Gasteiger partial charge in [0.2, 0.25) is 5.54 Å². The van der Waals surface area contributed by atoms with Gasteiger partial charge in [-0.15, -0.1) is 0 Å². The van der Waals surface area contributed by atoms with Gasteiger partial charge in [0.25, 0.3) is 0 Å². The van der Waals surface area contributed by atoms with E-state index in [0.717, 1.165) is 0 Å². The number of hydrogen-bond donors (Lipinski definition) is 3. The van der Waals surface area contributed by atoms with Crippen molar-refractivity contribution in [3.63, 3.8) is 0 Å². The van der Waals surface area contributed by atoms with E-state index < -0.39 is 17.7 Å². The summed E-state index contributed by atoms with van der Waals surface area (Å²) in [6.45, 7) is 0.527. The van der Waals surface area contributed by atoms with Crippen molar-refractivity contribution in [3.05, 3.63) is 0 Å². The van der Waals surface area contributed by atoms with Crippen LogP contribution < -0.4 is 5.32 Å². The first-order valence-corrected chi connectivity index (χ1v) is 4.91. The van der Waals surface area contributed by atoms with Crippen molar-refractivity contribution in [2.75, 3.05) is 13.2 Å². The minimum Gasteiger partial charge on any atom is -0.480 e. The van der Waals surface area contributed by atoms with Crippen LogP contribution in [0.4, 0.5) is 13.2 Å². The van der Waals surface area contributed by atoms with Crippen LogP contribution in [0, 0.1) is 0 Å². The molecule has 0 aromatic heterocycles. The Kier molecular flexibility index (Phi) is 5.74. The molecule has 0 amide bonds. The molecule has 0 saturated heterocycles. The van der Waals surface area contributed by atoms with Crippen molar-refractivity contribution in [2.24, 2.45) is 0 Å². The number of nitrogens with one attached hydrogen (secondary N) is 1. The third-order valence-electron chi connectivity index (χ3n) is 2.31. The van der Waals surface area contributed by atoms with Crippen LogP contribution in [-0.2, 0) is 4.79 Å². The van der Waals surface area contributed by atoms with Crippen LogP contribution in [0.5, 0.6) is 0 Å². The predicted molar refractivity (Wildman–Crippen MR) is 51.0 cm³/mol. The summed E-state index contributed by atoms with van der Waals surface area (Å²) < 4.78 is 37.3. The van der Waals surface area contributed by atoms with E-state index in [1.165, 1.54) is 0 Å². The molecule has 7 heteroatoms. The highest BCUT2D eigenvalue weighted by Crippen LogP contribution is 2.30. The molecule has 0 aliphatic rings. The number of aliphatic carboxylic acids is 1. The van der Waals surface area contributed by atoms with Crippen LogP contribution in [0.2, 0.25) is 0 Å². The van der Waals surface area contributed by atoms with Crippen molar-refractivity contribution in [1.29, 1.82) is 0 Å². The lowest BCUT2D eigenvalue weighted by atomic mass is 10.0. The number of halogens is 3. The largest absolute Gasteiger partial charge is 0.480 e. The molecular formula is C9H16F3NO3. The van der Waals surface area contributed by atoms with E-state index >= 15 is 0 Å². The SMILES string of the molecule is CC(NCCCCCO)(C(=O)O)C(F)(F)F. The highest BCUT2D eigenvalue weighted by atomic mass is 19.4. The first kappa shape index (κ1) is 15.2. The Labute approximate surface area is 91.5 Å². The zero-order valence-corrected chi connectivity index (χ0v) is 8.97. The molecule has 0 heterocycles. The predicted octanol–water partition coefficient (Wildman–Crippen LogP) is 1.14. The summed E-state index contributed by atoms with van der Waals surface area (Å²) >= 11 is 0. The third-order valence-corrected chi connectivity index (χ3v) is 2.31. The van der Waals surface area contributed by atoms with Gasteiger partial charge in [-0.05, 0) is 32.7 Å². The van der Waals surface area contributed by atoms with Gasteiger partial charge in [0.05, 0.1) is 0 Å². The van der Waals surface area contributed by atoms with Crippen molar-refractivity contribution in [2.45, 2.75) is 37.9 Å². The number of carboxylic acid groups (broad SMARTS) is 1. The van der Waals surface area contributed by atoms with Crippen molar-refractivity contribution in [3.8, 4) is 0 Å². The summed E-state index contributed by atoms with van der Waals surface area (Å²) in [5.74, 6) is -1.94. The van der Waals surface area contributed by atoms with Gasteiger partial charge in [-0.3, -0.25) is 5.32 Å². The molecule has 0 aromatic rings. The maximum Gasteiger partial charge on any atom is 0.417 e. The normalized spacial score (nSPS) is 15.8. The Morgan fingerprint density at radius 1 is 1.25 bits per heavy atom. The van der Waals surface area contributed by atoms with E-state index in [0.29, 0.717) is 26.2 Å². The average molecular weight is 243 g/mol. The molecule has 3 N–H and O–H groups in total. The van der Waals surface area contributed by atoms with Crippen molar-refractivity contribution in [1.82, 2.24) is 5.32 Å². The number of alkyl halides is 3. The molecule has 0 rings (SSSR count). The smallest absolute Gasteiger partial charge is 0.417 e. The number of carboxylic acids is 1. The Hall–Kier alpha value is -0.820. The molecule has 16 heavy (non-hydrogen) atoms. The average Bonchev–Trinajstić information content (AvgIpc) is 2.15. The first-order chi connectivity index (χ1) is 7.25. The van der Waals surface area contributed by atoms with Gasteiger partial charge in [-0.1, -0.05) is 0 Å². The minimum atomic E-state index is -4.84. The lowest BCUT2D eigenvalue weighted by Crippen LogP contribution is -2.60. The molecule has 0 fully saturated rings. The number of aliphatic hydroxyl groups is 1. The van der Waals surface area contributed by atoms with Crippen LogP contribution in [-0.4, -0.2) is 41.0 Å². The van der Waals surface area contributed by atoms with Gasteiger partial charge in [0.1, 0.15) is 0 Å². The summed E-state index contributed by atoms with van der Waals surface area (Å²) in [7, 11) is 0. The molecule has 1 unspecified atom stereocenters. The maximum absolute atomic E-state index is 12.4. The van der Waals surface area contributed by atoms with Gasteiger partial charge >= 0.3 is 12.1 Å². The number of unbranched alkanes of at least 4 members (excludes halogenated alkanes) is 2. The zero-order valence-electron chi connectivity index (χ0n) is 8.97. The quantitative estimate of drug-likeness (QED) is 0.586. The van der Waals surface area contributed by atoms with E-state index in [1.807, 2.05) is 5.32 Å². The molecule has 0 bridgehead atoms. The van der Waals surface area contributed by atoms with E-state index in [9.17, 15) is 18.0 Å². The number of carbonyl (C=O) groups is 1. The fourth-order valence-electron chi connectivity index (χ4n) is 1.05. The molecule has 0 aromatic carbocycles. The number of rotatable bonds is 7. The molecule has 0 saturated carbocycles. The zero-order chi connectivity index (χ0) is 12.8. The molecule has 0 aliphatic heterocycles. The molecule has 96 valence electrons. The Morgan fingerprint density at radius 3 is 2.19 bits per heavy atom. The Morgan fingerprint density at radius 2 is 1.81 bits per heavy atom. The first-order valence-electron chi connectivity index (χ1n) is 4.91. The number of hydrogen-bond acceptors (Lipinski definition) is 3. The maximum atomic E-state index is 12.4. The molecule has 0 spiro atoms. The van der Waals surface area contributed by atoms with Gasteiger partial charge < -0.3 is 10.2 Å². The van der Waals surface area contributed by atoms with E-state index in [4.69, 9.17) is 10.2 Å². The lowest BCUT2D eigenvalue weighted by Gasteiger charge is -2.28. The summed E-state index contributed by atoms with van der Waals surface area (Å²) in [6, 6.07) is 0. The molecule has 1 atom stereocenters. The molecule has 0 radical (unpaired) electrons. The summed E-state index contributed by atoms with van der Waals surface area (Å²) in [6.07, 6.45) is -3.40. The molecular weight excluding hydrogens is 227 g/mol. The van der Waals surface area contributed by atoms with E-state index in [-0.39, 0.29) is 13.2 Å². The summed E-state index contributed by atoms with van der Waals surface area (Å²) in [5, 5.41) is 19.0. The van der Waals surface area contributed by atoms with E-state index in [2.05, 4.69) is 0 Å². The lowest BCUT2D eigenvalue weighted by molar-refractivity contribution is -0.205. The third kappa shape index (κ3) is 3.97. The number of aliphatic hydroxyl groups excluding tert-OH is 1. The van der Waals surface area contributed by atoms with Crippen LogP contribution in [0.3, 0.4) is 0 Å². The summed E-state index contributed by atoms with van der Waals surface area (Å²) in [5.41, 5.74) is -2.91. The second-order valence-corrected chi connectivity index (χ2v) is 3.64. The van der Waals surface area contributed by atoms with E-state index in [1.54, 1.807) is 0 Å².